The van der Waals surface area contributed by atoms with Gasteiger partial charge in [-0.25, -0.2) is 0 Å². The van der Waals surface area contributed by atoms with Crippen molar-refractivity contribution in [2.24, 2.45) is 11.1 Å². The molecular formula is C27H29N3O. The fraction of sp³-hybridized carbons (Fsp3) is 0.296. The molecule has 5 rings (SSSR count). The van der Waals surface area contributed by atoms with Gasteiger partial charge in [0.15, 0.2) is 0 Å². The molecule has 4 heteroatoms. The Kier molecular flexibility index (Phi) is 4.54. The molecule has 4 atom stereocenters. The number of piperidine rings is 1. The van der Waals surface area contributed by atoms with Crippen molar-refractivity contribution in [3.63, 3.8) is 0 Å². The van der Waals surface area contributed by atoms with Crippen LogP contribution in [0.1, 0.15) is 35.1 Å². The van der Waals surface area contributed by atoms with E-state index in [0.717, 1.165) is 18.5 Å². The average molecular weight is 412 g/mol. The summed E-state index contributed by atoms with van der Waals surface area (Å²) in [6, 6.07) is 19.4. The highest BCUT2D eigenvalue weighted by atomic mass is 16.1. The number of primary amides is 1. The molecule has 1 amide bonds. The highest BCUT2D eigenvalue weighted by molar-refractivity contribution is 5.97. The van der Waals surface area contributed by atoms with Crippen LogP contribution in [-0.4, -0.2) is 30.4 Å². The summed E-state index contributed by atoms with van der Waals surface area (Å²) in [6.07, 6.45) is 6.85. The Morgan fingerprint density at radius 1 is 1.13 bits per heavy atom. The SMILES string of the molecule is C=C1C(c2ccccc2)C(c2ccc(CN(C)C)cc2)NC23C=CC=C(C(N)=O)C12C3. The summed E-state index contributed by atoms with van der Waals surface area (Å²) >= 11 is 0. The molecule has 3 N–H and O–H groups in total. The minimum Gasteiger partial charge on any atom is -0.366 e. The third-order valence-corrected chi connectivity index (χ3v) is 7.22. The first-order chi connectivity index (χ1) is 14.9. The zero-order valence-electron chi connectivity index (χ0n) is 18.1. The lowest BCUT2D eigenvalue weighted by atomic mass is 9.67. The molecule has 1 aliphatic heterocycles. The molecule has 4 unspecified atom stereocenters. The van der Waals surface area contributed by atoms with Gasteiger partial charge in [0.1, 0.15) is 0 Å². The molecule has 0 spiro atoms. The average Bonchev–Trinajstić information content (AvgIpc) is 3.45. The van der Waals surface area contributed by atoms with E-state index >= 15 is 0 Å². The third-order valence-electron chi connectivity index (χ3n) is 7.22. The Labute approximate surface area is 184 Å². The lowest BCUT2D eigenvalue weighted by molar-refractivity contribution is -0.115. The molecule has 3 aliphatic rings. The molecule has 2 fully saturated rings. The van der Waals surface area contributed by atoms with E-state index in [1.165, 1.54) is 16.7 Å². The summed E-state index contributed by atoms with van der Waals surface area (Å²) in [5.41, 5.74) is 10.6. The van der Waals surface area contributed by atoms with Gasteiger partial charge in [0.2, 0.25) is 5.91 Å². The topological polar surface area (TPSA) is 58.4 Å². The molecule has 4 nitrogen and oxygen atoms in total. The van der Waals surface area contributed by atoms with Crippen LogP contribution in [-0.2, 0) is 11.3 Å². The summed E-state index contributed by atoms with van der Waals surface area (Å²) in [6.45, 7) is 5.51. The minimum absolute atomic E-state index is 0.0470. The van der Waals surface area contributed by atoms with Crippen molar-refractivity contribution in [1.29, 1.82) is 0 Å². The molecule has 2 aromatic carbocycles. The Hall–Kier alpha value is -2.95. The van der Waals surface area contributed by atoms with Crippen LogP contribution < -0.4 is 11.1 Å². The number of benzene rings is 2. The second-order valence-corrected chi connectivity index (χ2v) is 9.37. The molecule has 2 aromatic rings. The molecular weight excluding hydrogens is 382 g/mol. The van der Waals surface area contributed by atoms with Gasteiger partial charge in [-0.05, 0) is 37.2 Å². The van der Waals surface area contributed by atoms with Gasteiger partial charge in [0.25, 0.3) is 0 Å². The third kappa shape index (κ3) is 2.93. The summed E-state index contributed by atoms with van der Waals surface area (Å²) < 4.78 is 0. The Morgan fingerprint density at radius 3 is 2.48 bits per heavy atom. The van der Waals surface area contributed by atoms with Crippen molar-refractivity contribution in [3.05, 3.63) is 107 Å². The normalized spacial score (nSPS) is 31.1. The van der Waals surface area contributed by atoms with E-state index in [1.54, 1.807) is 0 Å². The maximum Gasteiger partial charge on any atom is 0.245 e. The molecule has 0 bridgehead atoms. The second kappa shape index (κ2) is 7.04. The van der Waals surface area contributed by atoms with E-state index in [4.69, 9.17) is 5.73 Å². The second-order valence-electron chi connectivity index (χ2n) is 9.37. The number of amides is 1. The van der Waals surface area contributed by atoms with Crippen LogP contribution in [0.3, 0.4) is 0 Å². The summed E-state index contributed by atoms with van der Waals surface area (Å²) in [7, 11) is 4.16. The number of hydrogen-bond donors (Lipinski definition) is 2. The molecule has 31 heavy (non-hydrogen) atoms. The largest absolute Gasteiger partial charge is 0.366 e. The van der Waals surface area contributed by atoms with Crippen LogP contribution in [0.25, 0.3) is 0 Å². The highest BCUT2D eigenvalue weighted by Crippen LogP contribution is 2.73. The quantitative estimate of drug-likeness (QED) is 0.735. The molecule has 1 saturated carbocycles. The molecule has 0 radical (unpaired) electrons. The van der Waals surface area contributed by atoms with Crippen LogP contribution in [0.4, 0.5) is 0 Å². The number of nitrogens with two attached hydrogens (primary N) is 1. The predicted octanol–water partition coefficient (Wildman–Crippen LogP) is 3.84. The van der Waals surface area contributed by atoms with Crippen LogP contribution in [0.2, 0.25) is 0 Å². The summed E-state index contributed by atoms with van der Waals surface area (Å²) in [5, 5.41) is 3.93. The summed E-state index contributed by atoms with van der Waals surface area (Å²) in [4.78, 5) is 14.5. The fourth-order valence-electron chi connectivity index (χ4n) is 5.80. The van der Waals surface area contributed by atoms with Crippen molar-refractivity contribution in [2.75, 3.05) is 14.1 Å². The maximum atomic E-state index is 12.4. The van der Waals surface area contributed by atoms with Gasteiger partial charge in [-0.3, -0.25) is 10.1 Å². The Bertz CT molecular complexity index is 1100. The first-order valence-corrected chi connectivity index (χ1v) is 10.8. The van der Waals surface area contributed by atoms with Crippen molar-refractivity contribution >= 4 is 5.91 Å². The first kappa shape index (κ1) is 20.0. The van der Waals surface area contributed by atoms with Gasteiger partial charge in [-0.1, -0.05) is 85.0 Å². The maximum absolute atomic E-state index is 12.4. The van der Waals surface area contributed by atoms with E-state index in [-0.39, 0.29) is 23.4 Å². The van der Waals surface area contributed by atoms with Crippen LogP contribution >= 0.6 is 0 Å². The zero-order chi connectivity index (χ0) is 21.8. The minimum atomic E-state index is -0.421. The zero-order valence-corrected chi connectivity index (χ0v) is 18.1. The van der Waals surface area contributed by atoms with Crippen LogP contribution in [0, 0.1) is 5.41 Å². The summed E-state index contributed by atoms with van der Waals surface area (Å²) in [5.74, 6) is -0.307. The molecule has 0 aromatic heterocycles. The molecule has 1 saturated heterocycles. The monoisotopic (exact) mass is 411 g/mol. The number of carbonyl (C=O) groups excluding carboxylic acids is 1. The van der Waals surface area contributed by atoms with Crippen LogP contribution in [0.5, 0.6) is 0 Å². The van der Waals surface area contributed by atoms with Gasteiger partial charge in [0.05, 0.1) is 5.54 Å². The number of rotatable bonds is 5. The van der Waals surface area contributed by atoms with Crippen molar-refractivity contribution in [3.8, 4) is 0 Å². The lowest BCUT2D eigenvalue weighted by Crippen LogP contribution is -2.49. The van der Waals surface area contributed by atoms with E-state index in [1.807, 2.05) is 18.2 Å². The molecule has 1 heterocycles. The Balaban J connectivity index is 1.59. The number of carbonyl (C=O) groups is 1. The van der Waals surface area contributed by atoms with Gasteiger partial charge in [0, 0.05) is 29.5 Å². The lowest BCUT2D eigenvalue weighted by Gasteiger charge is -2.45. The van der Waals surface area contributed by atoms with Crippen molar-refractivity contribution < 1.29 is 4.79 Å². The number of nitrogens with zero attached hydrogens (tertiary/aromatic N) is 1. The van der Waals surface area contributed by atoms with Gasteiger partial charge in [-0.2, -0.15) is 0 Å². The highest BCUT2D eigenvalue weighted by Gasteiger charge is 2.74. The number of hydrogen-bond acceptors (Lipinski definition) is 3. The number of allylic oxidation sites excluding steroid dienone is 2. The fourth-order valence-corrected chi connectivity index (χ4v) is 5.80. The predicted molar refractivity (Wildman–Crippen MR) is 124 cm³/mol. The number of nitrogens with one attached hydrogen (secondary N) is 1. The van der Waals surface area contributed by atoms with Crippen molar-refractivity contribution in [1.82, 2.24) is 10.2 Å². The van der Waals surface area contributed by atoms with E-state index in [2.05, 4.69) is 85.5 Å². The Morgan fingerprint density at radius 2 is 1.84 bits per heavy atom. The van der Waals surface area contributed by atoms with Gasteiger partial charge in [-0.15, -0.1) is 0 Å². The molecule has 2 aliphatic carbocycles. The van der Waals surface area contributed by atoms with Crippen LogP contribution in [0.15, 0.2) is 90.6 Å². The van der Waals surface area contributed by atoms with E-state index in [9.17, 15) is 4.79 Å². The van der Waals surface area contributed by atoms with E-state index < -0.39 is 5.41 Å². The van der Waals surface area contributed by atoms with Gasteiger partial charge < -0.3 is 10.6 Å². The molecule has 158 valence electrons. The van der Waals surface area contributed by atoms with Gasteiger partial charge >= 0.3 is 0 Å². The van der Waals surface area contributed by atoms with E-state index in [0.29, 0.717) is 5.57 Å². The first-order valence-electron chi connectivity index (χ1n) is 10.8. The smallest absolute Gasteiger partial charge is 0.245 e. The standard InChI is InChI=1S/C27H29N3O/c1-18-23(20-8-5-4-6-9-20)24(21-13-11-19(12-14-21)16-30(2)3)29-26-15-7-10-22(25(28)31)27(18,26)17-26/h4-15,23-24,29H,1,16-17H2,2-3H3,(H2,28,31). The van der Waals surface area contributed by atoms with Crippen molar-refractivity contribution in [2.45, 2.75) is 30.5 Å².